The van der Waals surface area contributed by atoms with Gasteiger partial charge in [-0.15, -0.1) is 0 Å². The van der Waals surface area contributed by atoms with Crippen LogP contribution in [0.25, 0.3) is 0 Å². The lowest BCUT2D eigenvalue weighted by molar-refractivity contribution is -0.906. The third-order valence-corrected chi connectivity index (χ3v) is 3.20. The average Bonchev–Trinajstić information content (AvgIpc) is 2.38. The number of carbonyl (C=O) groups is 1. The van der Waals surface area contributed by atoms with Crippen LogP contribution >= 0.6 is 0 Å². The first-order valence-electron chi connectivity index (χ1n) is 5.79. The number of hydrogen-bond acceptors (Lipinski definition) is 5. The molecule has 0 aliphatic heterocycles. The summed E-state index contributed by atoms with van der Waals surface area (Å²) in [6.07, 6.45) is 1.20. The molecule has 114 valence electrons. The fourth-order valence-corrected chi connectivity index (χ4v) is 0.965. The molecule has 19 heavy (non-hydrogen) atoms. The maximum atomic E-state index is 10.7. The lowest BCUT2D eigenvalue weighted by Gasteiger charge is -2.31. The first-order chi connectivity index (χ1) is 8.64. The number of carbonyl (C=O) groups excluding carboxylic acids is 1. The molecule has 0 aromatic heterocycles. The molecule has 0 rings (SSSR count). The van der Waals surface area contributed by atoms with Crippen molar-refractivity contribution < 1.29 is 31.2 Å². The minimum Gasteiger partial charge on any atom is -0.457 e. The molecule has 0 spiro atoms. The Hall–Kier alpha value is -0.960. The van der Waals surface area contributed by atoms with Crippen molar-refractivity contribution in [2.45, 2.75) is 13.8 Å². The number of rotatable bonds is 7. The molecule has 0 aliphatic rings. The Bertz CT molecular complexity index is 361. The molecule has 0 aromatic carbocycles. The zero-order valence-corrected chi connectivity index (χ0v) is 12.8. The van der Waals surface area contributed by atoms with Crippen molar-refractivity contribution in [2.24, 2.45) is 0 Å². The number of esters is 1. The summed E-state index contributed by atoms with van der Waals surface area (Å²) < 4.78 is 35.6. The van der Waals surface area contributed by atoms with Crippen LogP contribution < -0.4 is 0 Å². The molecule has 0 atom stereocenters. The van der Waals surface area contributed by atoms with Crippen LogP contribution in [0.15, 0.2) is 12.7 Å². The van der Waals surface area contributed by atoms with Crippen LogP contribution in [-0.2, 0) is 24.1 Å². The minimum atomic E-state index is -4.16. The van der Waals surface area contributed by atoms with Gasteiger partial charge in [0, 0.05) is 6.08 Å². The van der Waals surface area contributed by atoms with Crippen LogP contribution in [0.4, 0.5) is 0 Å². The van der Waals surface area contributed by atoms with E-state index in [1.165, 1.54) is 6.08 Å². The van der Waals surface area contributed by atoms with Crippen LogP contribution in [0, 0.1) is 0 Å². The normalized spacial score (nSPS) is 11.2. The summed E-state index contributed by atoms with van der Waals surface area (Å²) in [5.41, 5.74) is 0. The minimum absolute atomic E-state index is 0.334. The van der Waals surface area contributed by atoms with Crippen molar-refractivity contribution >= 4 is 16.4 Å². The molecule has 0 fully saturated rings. The van der Waals surface area contributed by atoms with Crippen LogP contribution in [0.3, 0.4) is 0 Å². The van der Waals surface area contributed by atoms with Gasteiger partial charge in [0.1, 0.15) is 13.2 Å². The van der Waals surface area contributed by atoms with Gasteiger partial charge in [-0.2, -0.15) is 8.42 Å². The molecule has 1 N–H and O–H groups in total. The Labute approximate surface area is 115 Å². The number of hydrogen-bond donors (Lipinski definition) is 1. The third kappa shape index (κ3) is 13.3. The summed E-state index contributed by atoms with van der Waals surface area (Å²) in [6, 6.07) is 0. The van der Waals surface area contributed by atoms with E-state index in [9.17, 15) is 13.2 Å². The van der Waals surface area contributed by atoms with Crippen molar-refractivity contribution in [1.82, 2.24) is 0 Å². The van der Waals surface area contributed by atoms with E-state index in [-0.39, 0.29) is 5.97 Å². The molecular formula is C11H24NO6S+. The van der Waals surface area contributed by atoms with Gasteiger partial charge >= 0.3 is 16.4 Å². The van der Waals surface area contributed by atoms with Crippen molar-refractivity contribution in [2.75, 3.05) is 40.4 Å². The van der Waals surface area contributed by atoms with Crippen LogP contribution in [0.1, 0.15) is 13.8 Å². The summed E-state index contributed by atoms with van der Waals surface area (Å²) in [5.74, 6) is -0.334. The van der Waals surface area contributed by atoms with Gasteiger partial charge in [-0.3, -0.25) is 8.74 Å². The standard InChI is InChI=1S/C10H20NO2.CH4O4S/c1-5-10(12)13-9-8-11(4,6-2)7-3;1-5-6(2,3)4/h5H,1,6-9H2,2-4H3;1H3,(H,2,3,4)/q+1;. The summed E-state index contributed by atoms with van der Waals surface area (Å²) in [5, 5.41) is 0. The summed E-state index contributed by atoms with van der Waals surface area (Å²) in [7, 11) is -1.14. The van der Waals surface area contributed by atoms with E-state index in [4.69, 9.17) is 9.29 Å². The number of nitrogens with zero attached hydrogens (tertiary/aromatic N) is 1. The van der Waals surface area contributed by atoms with Crippen LogP contribution in [0.5, 0.6) is 0 Å². The number of likely N-dealkylation sites (N-methyl/N-ethyl adjacent to an activating group) is 1. The van der Waals surface area contributed by atoms with Gasteiger partial charge in [-0.25, -0.2) is 4.79 Å². The van der Waals surface area contributed by atoms with Crippen LogP contribution in [0.2, 0.25) is 0 Å². The quantitative estimate of drug-likeness (QED) is 0.321. The lowest BCUT2D eigenvalue weighted by Crippen LogP contribution is -2.46. The zero-order valence-electron chi connectivity index (χ0n) is 12.0. The van der Waals surface area contributed by atoms with Gasteiger partial charge in [0.25, 0.3) is 0 Å². The van der Waals surface area contributed by atoms with Crippen molar-refractivity contribution in [3.63, 3.8) is 0 Å². The van der Waals surface area contributed by atoms with E-state index in [0.29, 0.717) is 6.61 Å². The van der Waals surface area contributed by atoms with E-state index in [1.54, 1.807) is 0 Å². The molecule has 0 radical (unpaired) electrons. The molecule has 0 saturated carbocycles. The fraction of sp³-hybridized carbons (Fsp3) is 0.727. The Kier molecular flexibility index (Phi) is 10.6. The molecule has 0 aliphatic carbocycles. The van der Waals surface area contributed by atoms with Crippen molar-refractivity contribution in [3.8, 4) is 0 Å². The summed E-state index contributed by atoms with van der Waals surface area (Å²) in [4.78, 5) is 10.7. The average molecular weight is 298 g/mol. The maximum absolute atomic E-state index is 10.7. The zero-order chi connectivity index (χ0) is 15.5. The highest BCUT2D eigenvalue weighted by atomic mass is 32.3. The highest BCUT2D eigenvalue weighted by Crippen LogP contribution is 2.00. The molecule has 0 bridgehead atoms. The highest BCUT2D eigenvalue weighted by Gasteiger charge is 2.16. The van der Waals surface area contributed by atoms with E-state index in [1.807, 2.05) is 0 Å². The van der Waals surface area contributed by atoms with Gasteiger partial charge in [-0.05, 0) is 13.8 Å². The second-order valence-electron chi connectivity index (χ2n) is 3.94. The predicted octanol–water partition coefficient (Wildman–Crippen LogP) is 0.638. The SMILES string of the molecule is C=CC(=O)OCC[N+](C)(CC)CC.COS(=O)(=O)O. The van der Waals surface area contributed by atoms with Gasteiger partial charge < -0.3 is 9.22 Å². The maximum Gasteiger partial charge on any atom is 0.397 e. The van der Waals surface area contributed by atoms with Crippen LogP contribution in [-0.4, -0.2) is 63.8 Å². The summed E-state index contributed by atoms with van der Waals surface area (Å²) >= 11 is 0. The summed E-state index contributed by atoms with van der Waals surface area (Å²) in [6.45, 7) is 11.1. The molecule has 0 heterocycles. The lowest BCUT2D eigenvalue weighted by atomic mass is 10.4. The fourth-order valence-electron chi connectivity index (χ4n) is 0.965. The smallest absolute Gasteiger partial charge is 0.397 e. The predicted molar refractivity (Wildman–Crippen MR) is 71.8 cm³/mol. The Morgan fingerprint density at radius 2 is 1.79 bits per heavy atom. The van der Waals surface area contributed by atoms with Gasteiger partial charge in [0.2, 0.25) is 0 Å². The molecule has 8 heteroatoms. The Balaban J connectivity index is 0. The van der Waals surface area contributed by atoms with Gasteiger partial charge in [-0.1, -0.05) is 6.58 Å². The second kappa shape index (κ2) is 9.90. The second-order valence-corrected chi connectivity index (χ2v) is 5.13. The van der Waals surface area contributed by atoms with E-state index < -0.39 is 10.4 Å². The first-order valence-corrected chi connectivity index (χ1v) is 7.16. The van der Waals surface area contributed by atoms with E-state index in [2.05, 4.69) is 31.7 Å². The van der Waals surface area contributed by atoms with Crippen molar-refractivity contribution in [1.29, 1.82) is 0 Å². The first kappa shape index (κ1) is 20.4. The molecule has 0 saturated heterocycles. The largest absolute Gasteiger partial charge is 0.457 e. The molecule has 7 nitrogen and oxygen atoms in total. The molecular weight excluding hydrogens is 274 g/mol. The molecule has 0 unspecified atom stereocenters. The Morgan fingerprint density at radius 3 is 2.05 bits per heavy atom. The Morgan fingerprint density at radius 1 is 1.37 bits per heavy atom. The van der Waals surface area contributed by atoms with E-state index >= 15 is 0 Å². The van der Waals surface area contributed by atoms with Gasteiger partial charge in [0.15, 0.2) is 0 Å². The third-order valence-electron chi connectivity index (χ3n) is 2.78. The molecule has 0 amide bonds. The number of quaternary nitrogens is 1. The highest BCUT2D eigenvalue weighted by molar-refractivity contribution is 7.80. The van der Waals surface area contributed by atoms with E-state index in [0.717, 1.165) is 31.2 Å². The van der Waals surface area contributed by atoms with Gasteiger partial charge in [0.05, 0.1) is 27.2 Å². The molecule has 0 aromatic rings. The topological polar surface area (TPSA) is 89.9 Å². The monoisotopic (exact) mass is 298 g/mol. The number of ether oxygens (including phenoxy) is 1. The van der Waals surface area contributed by atoms with Crippen molar-refractivity contribution in [3.05, 3.63) is 12.7 Å².